The van der Waals surface area contributed by atoms with Crippen molar-refractivity contribution < 1.29 is 0 Å². The molecule has 0 saturated carbocycles. The first-order valence-electron chi connectivity index (χ1n) is 4.08. The van der Waals surface area contributed by atoms with E-state index in [9.17, 15) is 0 Å². The van der Waals surface area contributed by atoms with Crippen LogP contribution in [0.4, 0.5) is 0 Å². The molecule has 2 heterocycles. The lowest BCUT2D eigenvalue weighted by Gasteiger charge is -2.00. The third kappa shape index (κ3) is 1.52. The number of hydrogen-bond donors (Lipinski definition) is 0. The molecule has 2 rings (SSSR count). The maximum atomic E-state index is 9.01. The predicted octanol–water partition coefficient (Wildman–Crippen LogP) is -1.61. The highest BCUT2D eigenvalue weighted by atomic mass is 15.6. The minimum absolute atomic E-state index is 0.290. The van der Waals surface area contributed by atoms with E-state index in [2.05, 4.69) is 30.9 Å². The maximum absolute atomic E-state index is 9.01. The van der Waals surface area contributed by atoms with Crippen molar-refractivity contribution in [3.05, 3.63) is 11.6 Å². The lowest BCUT2D eigenvalue weighted by Crippen LogP contribution is -2.09. The number of tetrazole rings is 2. The van der Waals surface area contributed by atoms with Crippen LogP contribution in [0.5, 0.6) is 0 Å². The topological polar surface area (TPSA) is 111 Å². The Morgan fingerprint density at radius 1 is 1.27 bits per heavy atom. The molecule has 9 heteroatoms. The molecule has 2 aromatic heterocycles. The Morgan fingerprint density at radius 2 is 2.07 bits per heavy atom. The summed E-state index contributed by atoms with van der Waals surface area (Å²) in [7, 11) is 3.27. The molecule has 1 unspecified atom stereocenters. The molecule has 0 N–H and O–H groups in total. The zero-order valence-corrected chi connectivity index (χ0v) is 8.10. The van der Waals surface area contributed by atoms with Gasteiger partial charge in [0.05, 0.1) is 13.1 Å². The molecule has 0 aromatic carbocycles. The van der Waals surface area contributed by atoms with Gasteiger partial charge in [0.1, 0.15) is 0 Å². The molecule has 0 aliphatic heterocycles. The lowest BCUT2D eigenvalue weighted by atomic mass is 10.1. The van der Waals surface area contributed by atoms with E-state index >= 15 is 0 Å². The SMILES string of the molecule is Cn1nnc(C(C#N)c2nnnn2C)n1. The highest BCUT2D eigenvalue weighted by Gasteiger charge is 2.23. The first-order chi connectivity index (χ1) is 7.22. The van der Waals surface area contributed by atoms with E-state index < -0.39 is 5.92 Å². The molecule has 0 bridgehead atoms. The fourth-order valence-electron chi connectivity index (χ4n) is 1.13. The fraction of sp³-hybridized carbons (Fsp3) is 0.500. The molecule has 76 valence electrons. The molecule has 0 spiro atoms. The quantitative estimate of drug-likeness (QED) is 0.579. The Balaban J connectivity index is 2.42. The summed E-state index contributed by atoms with van der Waals surface area (Å²) in [6.45, 7) is 0. The van der Waals surface area contributed by atoms with Gasteiger partial charge in [0.15, 0.2) is 17.6 Å². The van der Waals surface area contributed by atoms with Gasteiger partial charge < -0.3 is 0 Å². The standard InChI is InChI=1S/C6H7N9/c1-14-6(9-11-13-14)4(3-7)5-8-12-15(2)10-5/h4H,1-2H3. The number of nitriles is 1. The van der Waals surface area contributed by atoms with Crippen LogP contribution in [0, 0.1) is 11.3 Å². The van der Waals surface area contributed by atoms with Crippen molar-refractivity contribution in [2.45, 2.75) is 5.92 Å². The van der Waals surface area contributed by atoms with Gasteiger partial charge in [-0.05, 0) is 15.6 Å². The van der Waals surface area contributed by atoms with Gasteiger partial charge in [-0.3, -0.25) is 0 Å². The Labute approximate surface area is 84.3 Å². The van der Waals surface area contributed by atoms with Crippen LogP contribution in [0.25, 0.3) is 0 Å². The minimum atomic E-state index is -0.696. The summed E-state index contributed by atoms with van der Waals surface area (Å²) in [5.41, 5.74) is 0. The number of hydrogen-bond acceptors (Lipinski definition) is 7. The van der Waals surface area contributed by atoms with Crippen LogP contribution in [0.1, 0.15) is 17.6 Å². The number of aromatic nitrogens is 8. The van der Waals surface area contributed by atoms with Gasteiger partial charge in [0, 0.05) is 7.05 Å². The maximum Gasteiger partial charge on any atom is 0.199 e. The van der Waals surface area contributed by atoms with Gasteiger partial charge in [-0.2, -0.15) is 10.1 Å². The average Bonchev–Trinajstić information content (AvgIpc) is 2.79. The second-order valence-corrected chi connectivity index (χ2v) is 2.86. The molecular formula is C6H7N9. The Bertz CT molecular complexity index is 503. The molecule has 9 nitrogen and oxygen atoms in total. The molecule has 15 heavy (non-hydrogen) atoms. The van der Waals surface area contributed by atoms with E-state index in [0.29, 0.717) is 5.82 Å². The lowest BCUT2D eigenvalue weighted by molar-refractivity contribution is 0.624. The van der Waals surface area contributed by atoms with Crippen LogP contribution in [0.3, 0.4) is 0 Å². The highest BCUT2D eigenvalue weighted by Crippen LogP contribution is 2.15. The minimum Gasteiger partial charge on any atom is -0.231 e. The van der Waals surface area contributed by atoms with Gasteiger partial charge >= 0.3 is 0 Å². The molecule has 2 aromatic rings. The molecule has 0 amide bonds. The smallest absolute Gasteiger partial charge is 0.199 e. The van der Waals surface area contributed by atoms with Crippen LogP contribution in [-0.2, 0) is 14.1 Å². The van der Waals surface area contributed by atoms with Crippen LogP contribution in [-0.4, -0.2) is 40.4 Å². The van der Waals surface area contributed by atoms with Crippen LogP contribution < -0.4 is 0 Å². The summed E-state index contributed by atoms with van der Waals surface area (Å²) >= 11 is 0. The summed E-state index contributed by atoms with van der Waals surface area (Å²) < 4.78 is 1.41. The Morgan fingerprint density at radius 3 is 2.53 bits per heavy atom. The van der Waals surface area contributed by atoms with E-state index in [1.54, 1.807) is 14.1 Å². The molecule has 0 aliphatic carbocycles. The van der Waals surface area contributed by atoms with Gasteiger partial charge in [0.2, 0.25) is 0 Å². The molecule has 1 atom stereocenters. The van der Waals surface area contributed by atoms with Gasteiger partial charge in [-0.1, -0.05) is 0 Å². The van der Waals surface area contributed by atoms with Gasteiger partial charge in [-0.15, -0.1) is 15.3 Å². The summed E-state index contributed by atoms with van der Waals surface area (Å²) in [6, 6.07) is 2.03. The monoisotopic (exact) mass is 205 g/mol. The molecular weight excluding hydrogens is 198 g/mol. The van der Waals surface area contributed by atoms with Gasteiger partial charge in [-0.25, -0.2) is 4.68 Å². The van der Waals surface area contributed by atoms with Crippen LogP contribution >= 0.6 is 0 Å². The van der Waals surface area contributed by atoms with Crippen molar-refractivity contribution in [1.29, 1.82) is 5.26 Å². The van der Waals surface area contributed by atoms with Gasteiger partial charge in [0.25, 0.3) is 0 Å². The zero-order valence-electron chi connectivity index (χ0n) is 8.10. The number of rotatable bonds is 2. The Kier molecular flexibility index (Phi) is 2.09. The predicted molar refractivity (Wildman–Crippen MR) is 45.1 cm³/mol. The summed E-state index contributed by atoms with van der Waals surface area (Å²) in [6.07, 6.45) is 0. The number of nitrogens with zero attached hydrogens (tertiary/aromatic N) is 9. The molecule has 0 saturated heterocycles. The number of aryl methyl sites for hydroxylation is 2. The summed E-state index contributed by atoms with van der Waals surface area (Å²) in [4.78, 5) is 1.28. The third-order valence-corrected chi connectivity index (χ3v) is 1.82. The van der Waals surface area contributed by atoms with E-state index in [-0.39, 0.29) is 5.82 Å². The van der Waals surface area contributed by atoms with Crippen molar-refractivity contribution in [2.75, 3.05) is 0 Å². The first-order valence-corrected chi connectivity index (χ1v) is 4.08. The van der Waals surface area contributed by atoms with Crippen molar-refractivity contribution in [2.24, 2.45) is 14.1 Å². The molecule has 0 radical (unpaired) electrons. The van der Waals surface area contributed by atoms with Crippen molar-refractivity contribution in [1.82, 2.24) is 40.4 Å². The van der Waals surface area contributed by atoms with Crippen molar-refractivity contribution in [3.63, 3.8) is 0 Å². The second-order valence-electron chi connectivity index (χ2n) is 2.86. The summed E-state index contributed by atoms with van der Waals surface area (Å²) in [5, 5.41) is 31.2. The molecule has 0 fully saturated rings. The average molecular weight is 205 g/mol. The van der Waals surface area contributed by atoms with E-state index in [1.807, 2.05) is 6.07 Å². The van der Waals surface area contributed by atoms with E-state index in [0.717, 1.165) is 0 Å². The summed E-state index contributed by atoms with van der Waals surface area (Å²) in [5.74, 6) is -0.0119. The largest absolute Gasteiger partial charge is 0.231 e. The van der Waals surface area contributed by atoms with Crippen molar-refractivity contribution >= 4 is 0 Å². The third-order valence-electron chi connectivity index (χ3n) is 1.82. The van der Waals surface area contributed by atoms with Crippen LogP contribution in [0.2, 0.25) is 0 Å². The van der Waals surface area contributed by atoms with E-state index in [4.69, 9.17) is 5.26 Å². The second kappa shape index (κ2) is 3.41. The van der Waals surface area contributed by atoms with Crippen LogP contribution in [0.15, 0.2) is 0 Å². The first kappa shape index (κ1) is 9.20. The zero-order chi connectivity index (χ0) is 10.8. The fourth-order valence-corrected chi connectivity index (χ4v) is 1.13. The van der Waals surface area contributed by atoms with E-state index in [1.165, 1.54) is 9.48 Å². The highest BCUT2D eigenvalue weighted by molar-refractivity contribution is 5.18. The molecule has 0 aliphatic rings. The Hall–Kier alpha value is -2.37. The van der Waals surface area contributed by atoms with Crippen molar-refractivity contribution in [3.8, 4) is 6.07 Å². The normalized spacial score (nSPS) is 12.3.